The van der Waals surface area contributed by atoms with Crippen molar-refractivity contribution in [3.8, 4) is 0 Å². The Labute approximate surface area is 433 Å². The van der Waals surface area contributed by atoms with E-state index in [0.717, 1.165) is 18.6 Å². The molecule has 0 aliphatic carbocycles. The molecule has 0 aromatic heterocycles. The van der Waals surface area contributed by atoms with Crippen LogP contribution in [0.25, 0.3) is 0 Å². The Balaban J connectivity index is 0.00000595. The van der Waals surface area contributed by atoms with Crippen molar-refractivity contribution in [3.63, 3.8) is 0 Å². The minimum atomic E-state index is -5.39. The molecule has 27 nitrogen and oxygen atoms in total. The maximum atomic E-state index is 12.4. The number of carboxylic acids is 1. The number of urea groups is 1. The molecule has 0 unspecified atom stereocenters. The van der Waals surface area contributed by atoms with Gasteiger partial charge in [-0.25, -0.2) is 13.8 Å². The van der Waals surface area contributed by atoms with Gasteiger partial charge in [-0.1, -0.05) is 12.8 Å². The summed E-state index contributed by atoms with van der Waals surface area (Å²) in [6, 6.07) is 0.136. The van der Waals surface area contributed by atoms with Crippen LogP contribution in [-0.4, -0.2) is 231 Å². The summed E-state index contributed by atoms with van der Waals surface area (Å²) in [6.07, 6.45) is -26.2. The molecule has 5 fully saturated rings. The van der Waals surface area contributed by atoms with Crippen LogP contribution in [-0.2, 0) is 47.8 Å². The average molecular weight is 1020 g/mol. The van der Waals surface area contributed by atoms with Crippen molar-refractivity contribution < 1.29 is 170 Å². The summed E-state index contributed by atoms with van der Waals surface area (Å²) < 4.78 is 70.4. The molecule has 5 aliphatic rings. The Bertz CT molecular complexity index is 1730. The first kappa shape index (κ1) is 60.6. The third-order valence-electron chi connectivity index (χ3n) is 11.3. The zero-order valence-corrected chi connectivity index (χ0v) is 42.4. The minimum absolute atomic E-state index is 0. The normalized spacial score (nSPS) is 38.0. The van der Waals surface area contributed by atoms with Gasteiger partial charge in [0.05, 0.1) is 38.4 Å². The first-order valence-electron chi connectivity index (χ1n) is 21.0. The van der Waals surface area contributed by atoms with Gasteiger partial charge in [-0.3, -0.25) is 4.55 Å². The van der Waals surface area contributed by atoms with E-state index in [1.54, 1.807) is 0 Å². The topological polar surface area (TPSA) is 430 Å². The van der Waals surface area contributed by atoms with Gasteiger partial charge in [-0.15, -0.1) is 0 Å². The Hall–Kier alpha value is -0.660. The maximum Gasteiger partial charge on any atom is 1.00 e. The number of unbranched alkanes of at least 4 members (excludes halogenated alkanes) is 3. The smallest absolute Gasteiger partial charge is 0.862 e. The largest absolute Gasteiger partial charge is 1.00 e. The quantitative estimate of drug-likeness (QED) is 0.0107. The number of fused-ring (bicyclic) bond motifs is 1. The van der Waals surface area contributed by atoms with Gasteiger partial charge >= 0.3 is 81.5 Å². The predicted molar refractivity (Wildman–Crippen MR) is 213 cm³/mol. The number of rotatable bonds is 24. The van der Waals surface area contributed by atoms with Gasteiger partial charge in [0, 0.05) is 17.5 Å². The summed E-state index contributed by atoms with van der Waals surface area (Å²) in [4.78, 5) is 31.1. The van der Waals surface area contributed by atoms with Crippen molar-refractivity contribution in [2.75, 3.05) is 38.7 Å². The number of ether oxygens (including phenoxy) is 6. The SMILES string of the molecule is O=C1N[C@H]2[C@H](CS[C@H]2CCCCC([O-])=NCCCCCC([O-])=NCCO[C@@H]2O[C@H](CO)[C@H](OS(=O)(=O)O)[C@H](O[C@@H]3O[C@H](CO)[C@H](O)[C@H](O[C@@H]4O[C@H](C(=O)O)[C@@H](O)[C@H](O)[C@H]4O)[C@H]3O)[C@H]2O)N1.[Na+].[Na+]. The van der Waals surface area contributed by atoms with Gasteiger partial charge in [-0.2, -0.15) is 20.2 Å². The molecule has 5 aliphatic heterocycles. The van der Waals surface area contributed by atoms with Crippen LogP contribution in [0.5, 0.6) is 0 Å². The Morgan fingerprint density at radius 3 is 1.97 bits per heavy atom. The Morgan fingerprint density at radius 2 is 1.33 bits per heavy atom. The molecule has 12 N–H and O–H groups in total. The van der Waals surface area contributed by atoms with Gasteiger partial charge < -0.3 is 105 Å². The molecular formula is C36H58N4Na2O23S2. The zero-order valence-electron chi connectivity index (χ0n) is 36.8. The molecule has 5 rings (SSSR count). The summed E-state index contributed by atoms with van der Waals surface area (Å²) in [5.41, 5.74) is 0. The number of aliphatic imine (C=N–C) groups is 2. The van der Waals surface area contributed by atoms with Crippen molar-refractivity contribution >= 4 is 46.0 Å². The average Bonchev–Trinajstić information content (AvgIpc) is 3.81. The Kier molecular flexibility index (Phi) is 25.8. The van der Waals surface area contributed by atoms with Crippen LogP contribution in [0.2, 0.25) is 0 Å². The number of aliphatic hydroxyl groups excluding tert-OH is 8. The number of carbonyl (C=O) groups is 2. The second-order valence-electron chi connectivity index (χ2n) is 15.9. The fourth-order valence-electron chi connectivity index (χ4n) is 7.92. The van der Waals surface area contributed by atoms with Crippen LogP contribution in [0.15, 0.2) is 9.98 Å². The molecule has 0 saturated carbocycles. The second kappa shape index (κ2) is 28.5. The summed E-state index contributed by atoms with van der Waals surface area (Å²) in [5.74, 6) is -1.59. The number of nitrogens with zero attached hydrogens (tertiary/aromatic N) is 2. The van der Waals surface area contributed by atoms with Crippen LogP contribution < -0.4 is 80.0 Å². The molecule has 0 bridgehead atoms. The fourth-order valence-corrected chi connectivity index (χ4v) is 9.98. The van der Waals surface area contributed by atoms with Gasteiger partial charge in [-0.05, 0) is 50.3 Å². The number of thioether (sulfide) groups is 1. The Morgan fingerprint density at radius 1 is 0.731 bits per heavy atom. The molecular weight excluding hydrogens is 967 g/mol. The molecule has 2 amide bonds. The van der Waals surface area contributed by atoms with Gasteiger partial charge in [0.1, 0.15) is 67.1 Å². The van der Waals surface area contributed by atoms with E-state index in [1.165, 1.54) is 0 Å². The third kappa shape index (κ3) is 17.0. The van der Waals surface area contributed by atoms with E-state index in [-0.39, 0.29) is 96.1 Å². The summed E-state index contributed by atoms with van der Waals surface area (Å²) in [7, 11) is -5.39. The van der Waals surface area contributed by atoms with E-state index in [0.29, 0.717) is 43.9 Å². The number of carboxylic acid groups (broad SMARTS) is 1. The fraction of sp³-hybridized carbons (Fsp3) is 0.889. The van der Waals surface area contributed by atoms with Crippen LogP contribution in [0.3, 0.4) is 0 Å². The van der Waals surface area contributed by atoms with E-state index in [1.807, 2.05) is 11.8 Å². The molecule has 31 heteroatoms. The molecule has 18 atom stereocenters. The number of aliphatic carboxylic acids is 1. The standard InChI is InChI=1S/C36H60N4O23S2.2Na/c41-12-16-22(45)29(60-34-25(48)23(46)24(47)31(62-34)32(51)52)26(49)35(58-16)61-30-27(50)33(59-17(13-42)28(30)63-65(54,55)56)57-11-10-38-20(44)7-2-1-5-9-37-19(43)8-4-3-6-18-21-15(14-64-18)39-36(53)40-21;;/h15-18,21-31,33-35,41-42,45-50H,1-14H2,(H,37,43)(H,38,44)(H,51,52)(H2,39,40,53)(H,54,55,56);;/q;2*+1/p-2/t15-,16+,17+,18-,21-,22-,23-,24-,25+,26+,27+,28-,29-,30+,31-,33+,34+,35-;;/m0../s1. The molecule has 5 saturated heterocycles. The monoisotopic (exact) mass is 1020 g/mol. The molecule has 374 valence electrons. The number of aliphatic hydroxyl groups is 8. The first-order chi connectivity index (χ1) is 30.8. The number of nitrogens with one attached hydrogen (secondary N) is 2. The van der Waals surface area contributed by atoms with Crippen LogP contribution >= 0.6 is 11.8 Å². The number of hydrogen-bond acceptors (Lipinski definition) is 24. The molecule has 0 radical (unpaired) electrons. The van der Waals surface area contributed by atoms with Crippen molar-refractivity contribution in [1.29, 1.82) is 0 Å². The van der Waals surface area contributed by atoms with Crippen LogP contribution in [0.1, 0.15) is 51.4 Å². The zero-order chi connectivity index (χ0) is 47.6. The van der Waals surface area contributed by atoms with Crippen LogP contribution in [0, 0.1) is 0 Å². The van der Waals surface area contributed by atoms with Crippen molar-refractivity contribution in [1.82, 2.24) is 10.6 Å². The molecule has 0 aromatic rings. The van der Waals surface area contributed by atoms with E-state index in [4.69, 9.17) is 28.4 Å². The van der Waals surface area contributed by atoms with Crippen molar-refractivity contribution in [2.45, 2.75) is 161 Å². The molecule has 5 heterocycles. The minimum Gasteiger partial charge on any atom is -0.862 e. The van der Waals surface area contributed by atoms with Gasteiger partial charge in [0.15, 0.2) is 25.0 Å². The molecule has 67 heavy (non-hydrogen) atoms. The first-order valence-corrected chi connectivity index (χ1v) is 23.4. The van der Waals surface area contributed by atoms with E-state index in [2.05, 4.69) is 24.8 Å². The molecule has 0 spiro atoms. The third-order valence-corrected chi connectivity index (χ3v) is 13.3. The number of hydrogen-bond donors (Lipinski definition) is 12. The molecule has 0 aromatic carbocycles. The van der Waals surface area contributed by atoms with E-state index >= 15 is 0 Å². The van der Waals surface area contributed by atoms with Crippen molar-refractivity contribution in [3.05, 3.63) is 0 Å². The van der Waals surface area contributed by atoms with E-state index < -0.39 is 134 Å². The van der Waals surface area contributed by atoms with Gasteiger partial charge in [0.25, 0.3) is 0 Å². The summed E-state index contributed by atoms with van der Waals surface area (Å²) >= 11 is 1.82. The number of carbonyl (C=O) groups excluding carboxylic acids is 1. The van der Waals surface area contributed by atoms with Gasteiger partial charge in [0.2, 0.25) is 0 Å². The predicted octanol–water partition coefficient (Wildman–Crippen LogP) is -12.8. The number of amides is 2. The second-order valence-corrected chi connectivity index (χ2v) is 18.3. The summed E-state index contributed by atoms with van der Waals surface area (Å²) in [6.45, 7) is -2.41. The van der Waals surface area contributed by atoms with E-state index in [9.17, 15) is 78.7 Å². The summed E-state index contributed by atoms with van der Waals surface area (Å²) in [5, 5.41) is 124. The van der Waals surface area contributed by atoms with Crippen LogP contribution in [0.4, 0.5) is 4.79 Å². The van der Waals surface area contributed by atoms with Crippen molar-refractivity contribution in [2.24, 2.45) is 9.98 Å². The maximum absolute atomic E-state index is 12.4.